The second-order valence-corrected chi connectivity index (χ2v) is 34.4. The number of rotatable bonds is 11. The molecule has 0 spiro atoms. The third-order valence-electron chi connectivity index (χ3n) is 13.3. The van der Waals surface area contributed by atoms with Crippen molar-refractivity contribution in [3.05, 3.63) is 80.1 Å². The Morgan fingerprint density at radius 2 is 1.16 bits per heavy atom. The van der Waals surface area contributed by atoms with Crippen molar-refractivity contribution in [1.82, 2.24) is 9.55 Å². The SMILES string of the molecule is COc1ccc2c(c1)-c1cc(OC)ccc1C2(O)c1cn([C@@H]2O[C@H](CO[Si](C)(C)C(C)(C)C)[C@@H](O[Si](C)(C)C(C)(C)C)[C@H]2O[Si](C)(C)C(C)(C)C)c(=O)[nH]c1=O. The van der Waals surface area contributed by atoms with Crippen molar-refractivity contribution in [2.75, 3.05) is 20.8 Å². The van der Waals surface area contributed by atoms with Crippen LogP contribution in [-0.2, 0) is 23.6 Å². The summed E-state index contributed by atoms with van der Waals surface area (Å²) in [4.78, 5) is 30.8. The zero-order valence-electron chi connectivity index (χ0n) is 36.7. The fourth-order valence-electron chi connectivity index (χ4n) is 6.62. The van der Waals surface area contributed by atoms with Crippen LogP contribution >= 0.6 is 0 Å². The number of nitrogens with one attached hydrogen (secondary N) is 1. The summed E-state index contributed by atoms with van der Waals surface area (Å²) in [6, 6.07) is 10.7. The summed E-state index contributed by atoms with van der Waals surface area (Å²) in [5.41, 5.74) is -1.08. The van der Waals surface area contributed by atoms with Gasteiger partial charge in [0, 0.05) is 17.3 Å². The first-order chi connectivity index (χ1) is 25.5. The second kappa shape index (κ2) is 14.8. The first-order valence-corrected chi connectivity index (χ1v) is 28.3. The zero-order chi connectivity index (χ0) is 42.2. The van der Waals surface area contributed by atoms with Crippen LogP contribution in [-0.4, -0.2) is 78.7 Å². The van der Waals surface area contributed by atoms with Crippen molar-refractivity contribution in [3.63, 3.8) is 0 Å². The number of aromatic nitrogens is 2. The molecule has 1 fully saturated rings. The van der Waals surface area contributed by atoms with Crippen LogP contribution in [0.4, 0.5) is 0 Å². The van der Waals surface area contributed by atoms with E-state index in [1.165, 1.54) is 10.8 Å². The van der Waals surface area contributed by atoms with Crippen molar-refractivity contribution in [2.45, 2.75) is 147 Å². The van der Waals surface area contributed by atoms with Gasteiger partial charge in [0.15, 0.2) is 31.2 Å². The summed E-state index contributed by atoms with van der Waals surface area (Å²) in [7, 11) is -4.14. The first-order valence-electron chi connectivity index (χ1n) is 19.6. The summed E-state index contributed by atoms with van der Waals surface area (Å²) >= 11 is 0. The van der Waals surface area contributed by atoms with Crippen molar-refractivity contribution < 1.29 is 32.6 Å². The fourth-order valence-corrected chi connectivity index (χ4v) is 10.2. The van der Waals surface area contributed by atoms with Crippen molar-refractivity contribution in [1.29, 1.82) is 0 Å². The molecule has 310 valence electrons. The van der Waals surface area contributed by atoms with Gasteiger partial charge in [0.25, 0.3) is 5.56 Å². The van der Waals surface area contributed by atoms with E-state index in [4.69, 9.17) is 27.5 Å². The number of hydrogen-bond acceptors (Lipinski definition) is 9. The molecule has 11 nitrogen and oxygen atoms in total. The number of fused-ring (bicyclic) bond motifs is 3. The highest BCUT2D eigenvalue weighted by atomic mass is 28.4. The monoisotopic (exact) mass is 826 g/mol. The molecule has 2 aliphatic rings. The minimum absolute atomic E-state index is 0.0371. The van der Waals surface area contributed by atoms with Gasteiger partial charge in [-0.15, -0.1) is 0 Å². The minimum atomic E-state index is -2.56. The highest BCUT2D eigenvalue weighted by Crippen LogP contribution is 2.52. The van der Waals surface area contributed by atoms with Crippen LogP contribution in [0, 0.1) is 0 Å². The van der Waals surface area contributed by atoms with Gasteiger partial charge in [-0.2, -0.15) is 0 Å². The summed E-state index contributed by atoms with van der Waals surface area (Å²) in [5.74, 6) is 1.17. The summed E-state index contributed by atoms with van der Waals surface area (Å²) < 4.78 is 40.9. The molecule has 2 aromatic carbocycles. The van der Waals surface area contributed by atoms with Crippen LogP contribution in [0.5, 0.6) is 11.5 Å². The standard InChI is InChI=1S/C42H66N2O9Si3/c1-39(2,3)54(12,13)50-25-33-34(52-55(14,15)40(4,5)6)35(53-56(16,17)41(7,8)9)37(51-33)44-24-32(36(45)43-38(44)46)42(47)30-20-18-26(48-10)22-28(30)29-23-27(49-11)19-21-31(29)42/h18-24,33-35,37,47H,25H2,1-17H3,(H,43,45,46)/t33-,34-,35-,37-/m1/s1. The molecule has 56 heavy (non-hydrogen) atoms. The van der Waals surface area contributed by atoms with Crippen LogP contribution in [0.3, 0.4) is 0 Å². The number of nitrogens with zero attached hydrogens (tertiary/aromatic N) is 1. The highest BCUT2D eigenvalue weighted by molar-refractivity contribution is 6.75. The van der Waals surface area contributed by atoms with Gasteiger partial charge in [0.05, 0.1) is 26.4 Å². The van der Waals surface area contributed by atoms with E-state index in [0.29, 0.717) is 33.8 Å². The Labute approximate surface area is 336 Å². The molecule has 1 aliphatic carbocycles. The van der Waals surface area contributed by atoms with Crippen molar-refractivity contribution in [3.8, 4) is 22.6 Å². The lowest BCUT2D eigenvalue weighted by Gasteiger charge is -2.44. The van der Waals surface area contributed by atoms with Crippen LogP contribution in [0.15, 0.2) is 52.2 Å². The van der Waals surface area contributed by atoms with Crippen molar-refractivity contribution in [2.24, 2.45) is 0 Å². The number of ether oxygens (including phenoxy) is 3. The summed E-state index contributed by atoms with van der Waals surface area (Å²) in [6.45, 7) is 33.1. The predicted octanol–water partition coefficient (Wildman–Crippen LogP) is 8.52. The van der Waals surface area contributed by atoms with Crippen LogP contribution < -0.4 is 20.7 Å². The average Bonchev–Trinajstić information content (AvgIpc) is 3.52. The van der Waals surface area contributed by atoms with Crippen LogP contribution in [0.2, 0.25) is 54.4 Å². The van der Waals surface area contributed by atoms with E-state index in [1.807, 2.05) is 12.1 Å². The third kappa shape index (κ3) is 7.84. The summed E-state index contributed by atoms with van der Waals surface area (Å²) in [5, 5.41) is 12.6. The van der Waals surface area contributed by atoms with Crippen LogP contribution in [0.1, 0.15) is 85.2 Å². The molecule has 5 rings (SSSR count). The normalized spacial score (nSPS) is 21.5. The van der Waals surface area contributed by atoms with E-state index in [-0.39, 0.29) is 27.3 Å². The molecule has 0 amide bonds. The Bertz CT molecular complexity index is 2000. The van der Waals surface area contributed by atoms with Gasteiger partial charge in [-0.3, -0.25) is 14.3 Å². The molecule has 0 unspecified atom stereocenters. The molecule has 14 heteroatoms. The Morgan fingerprint density at radius 1 is 0.714 bits per heavy atom. The molecule has 1 aliphatic heterocycles. The average molecular weight is 827 g/mol. The van der Waals surface area contributed by atoms with Gasteiger partial charge < -0.3 is 32.6 Å². The predicted molar refractivity (Wildman–Crippen MR) is 230 cm³/mol. The summed E-state index contributed by atoms with van der Waals surface area (Å²) in [6.07, 6.45) is -1.53. The number of H-pyrrole nitrogens is 1. The molecule has 3 aromatic rings. The Kier molecular flexibility index (Phi) is 11.7. The molecule has 1 saturated heterocycles. The fraction of sp³-hybridized carbons (Fsp3) is 0.619. The quantitative estimate of drug-likeness (QED) is 0.183. The number of methoxy groups -OCH3 is 2. The van der Waals surface area contributed by atoms with Gasteiger partial charge in [-0.1, -0.05) is 74.4 Å². The molecule has 0 bridgehead atoms. The van der Waals surface area contributed by atoms with E-state index in [0.717, 1.165) is 0 Å². The zero-order valence-corrected chi connectivity index (χ0v) is 39.7. The maximum absolute atomic E-state index is 14.2. The lowest BCUT2D eigenvalue weighted by Crippen LogP contribution is -2.55. The topological polar surface area (TPSA) is 130 Å². The van der Waals surface area contributed by atoms with E-state index in [2.05, 4.69) is 107 Å². The molecule has 0 radical (unpaired) electrons. The van der Waals surface area contributed by atoms with E-state index in [1.54, 1.807) is 38.5 Å². The largest absolute Gasteiger partial charge is 0.497 e. The smallest absolute Gasteiger partial charge is 0.330 e. The minimum Gasteiger partial charge on any atom is -0.497 e. The number of aromatic amines is 1. The second-order valence-electron chi connectivity index (χ2n) is 20.1. The van der Waals surface area contributed by atoms with E-state index < -0.39 is 66.3 Å². The first kappa shape index (κ1) is 44.3. The number of aliphatic hydroxyl groups is 1. The van der Waals surface area contributed by atoms with Crippen molar-refractivity contribution >= 4 is 25.0 Å². The Balaban J connectivity index is 1.74. The van der Waals surface area contributed by atoms with Gasteiger partial charge in [-0.05, 0) is 89.8 Å². The molecule has 4 atom stereocenters. The lowest BCUT2D eigenvalue weighted by molar-refractivity contribution is -0.0514. The number of hydrogen-bond donors (Lipinski definition) is 2. The molecule has 2 heterocycles. The van der Waals surface area contributed by atoms with Gasteiger partial charge >= 0.3 is 5.69 Å². The molecule has 1 aromatic heterocycles. The molecular weight excluding hydrogens is 761 g/mol. The third-order valence-corrected chi connectivity index (χ3v) is 26.8. The van der Waals surface area contributed by atoms with E-state index in [9.17, 15) is 14.7 Å². The van der Waals surface area contributed by atoms with Gasteiger partial charge in [-0.25, -0.2) is 4.79 Å². The van der Waals surface area contributed by atoms with Gasteiger partial charge in [0.2, 0.25) is 0 Å². The molecule has 2 N–H and O–H groups in total. The molecular formula is C42H66N2O9Si3. The lowest BCUT2D eigenvalue weighted by atomic mass is 9.85. The Hall–Kier alpha value is -2.83. The highest BCUT2D eigenvalue weighted by Gasteiger charge is 2.56. The molecule has 0 saturated carbocycles. The van der Waals surface area contributed by atoms with E-state index >= 15 is 0 Å². The van der Waals surface area contributed by atoms with Crippen LogP contribution in [0.25, 0.3) is 11.1 Å². The Morgan fingerprint density at radius 3 is 1.59 bits per heavy atom. The maximum Gasteiger partial charge on any atom is 0.330 e. The number of benzene rings is 2. The van der Waals surface area contributed by atoms with Gasteiger partial charge in [0.1, 0.15) is 35.4 Å². The maximum atomic E-state index is 14.2.